The van der Waals surface area contributed by atoms with Crippen LogP contribution in [0.3, 0.4) is 0 Å². The lowest BCUT2D eigenvalue weighted by Gasteiger charge is -2.19. The standard InChI is InChI=1S/C23H22FN5O6S/c24-20-11-16(29-14-18(34-23(29)31)13-25-21-4-8-33-27-21)1-2-19(20)15-5-9-36(32,10-6-15)28-22(30)12-17-3-7-26-35-17/h1-5,7-8,11,18H,6,9-10,12-14H2,(H,25,27)/t18-,36?/m0/s1. The van der Waals surface area contributed by atoms with Crippen molar-refractivity contribution in [3.05, 3.63) is 66.0 Å². The second kappa shape index (κ2) is 9.93. The molecule has 1 saturated heterocycles. The fourth-order valence-electron chi connectivity index (χ4n) is 4.01. The number of nitrogens with one attached hydrogen (secondary N) is 1. The Balaban J connectivity index is 1.23. The number of rotatable bonds is 7. The van der Waals surface area contributed by atoms with Crippen LogP contribution in [0.25, 0.3) is 5.57 Å². The molecule has 2 aliphatic heterocycles. The Morgan fingerprint density at radius 1 is 1.31 bits per heavy atom. The second-order valence-electron chi connectivity index (χ2n) is 8.31. The number of anilines is 2. The molecule has 2 atom stereocenters. The zero-order chi connectivity index (χ0) is 25.1. The van der Waals surface area contributed by atoms with Gasteiger partial charge in [0, 0.05) is 23.4 Å². The van der Waals surface area contributed by atoms with Crippen molar-refractivity contribution in [1.29, 1.82) is 0 Å². The Morgan fingerprint density at radius 3 is 2.89 bits per heavy atom. The molecule has 1 aromatic carbocycles. The number of hydrogen-bond donors (Lipinski definition) is 1. The summed E-state index contributed by atoms with van der Waals surface area (Å²) in [6.45, 7) is 0.574. The Hall–Kier alpha value is -4.00. The number of carbonyl (C=O) groups excluding carboxylic acids is 2. The van der Waals surface area contributed by atoms with Gasteiger partial charge in [-0.3, -0.25) is 9.69 Å². The molecule has 0 saturated carbocycles. The minimum absolute atomic E-state index is 0.0460. The third kappa shape index (κ3) is 5.30. The van der Waals surface area contributed by atoms with E-state index in [-0.39, 0.29) is 24.5 Å². The molecule has 13 heteroatoms. The van der Waals surface area contributed by atoms with Crippen molar-refractivity contribution in [3.63, 3.8) is 0 Å². The van der Waals surface area contributed by atoms with Gasteiger partial charge in [0.1, 0.15) is 23.9 Å². The summed E-state index contributed by atoms with van der Waals surface area (Å²) < 4.78 is 46.9. The molecule has 0 bridgehead atoms. The fourth-order valence-corrected chi connectivity index (χ4v) is 5.78. The summed E-state index contributed by atoms with van der Waals surface area (Å²) in [5, 5.41) is 10.3. The van der Waals surface area contributed by atoms with Crippen molar-refractivity contribution in [1.82, 2.24) is 10.3 Å². The Bertz CT molecular complexity index is 1410. The minimum Gasteiger partial charge on any atom is -0.442 e. The first-order valence-corrected chi connectivity index (χ1v) is 13.0. The van der Waals surface area contributed by atoms with E-state index in [1.54, 1.807) is 30.3 Å². The van der Waals surface area contributed by atoms with Gasteiger partial charge in [-0.25, -0.2) is 13.4 Å². The van der Waals surface area contributed by atoms with Gasteiger partial charge < -0.3 is 19.1 Å². The molecule has 1 unspecified atom stereocenters. The largest absolute Gasteiger partial charge is 0.442 e. The maximum atomic E-state index is 15.0. The quantitative estimate of drug-likeness (QED) is 0.502. The maximum absolute atomic E-state index is 15.0. The van der Waals surface area contributed by atoms with Gasteiger partial charge in [0.2, 0.25) is 0 Å². The van der Waals surface area contributed by atoms with Gasteiger partial charge in [0.05, 0.1) is 46.9 Å². The average molecular weight is 516 g/mol. The molecule has 2 aromatic heterocycles. The SMILES string of the molecule is O=C(Cc1ccno1)N=S1(=O)CC=C(c2ccc(N3C[C@H](CNc4ccon4)OC3=O)cc2F)CC1. The lowest BCUT2D eigenvalue weighted by molar-refractivity contribution is -0.117. The Labute approximate surface area is 205 Å². The number of aromatic nitrogens is 2. The van der Waals surface area contributed by atoms with Crippen LogP contribution in [0.5, 0.6) is 0 Å². The molecule has 1 fully saturated rings. The highest BCUT2D eigenvalue weighted by Gasteiger charge is 2.33. The lowest BCUT2D eigenvalue weighted by Crippen LogP contribution is -2.27. The van der Waals surface area contributed by atoms with E-state index < -0.39 is 33.7 Å². The van der Waals surface area contributed by atoms with Gasteiger partial charge >= 0.3 is 6.09 Å². The molecular formula is C23H22FN5O6S. The summed E-state index contributed by atoms with van der Waals surface area (Å²) in [5.74, 6) is 0.00101. The molecule has 0 spiro atoms. The molecule has 11 nitrogen and oxygen atoms in total. The van der Waals surface area contributed by atoms with E-state index in [0.29, 0.717) is 41.4 Å². The third-order valence-corrected chi connectivity index (χ3v) is 7.86. The molecule has 36 heavy (non-hydrogen) atoms. The minimum atomic E-state index is -2.77. The Morgan fingerprint density at radius 2 is 2.19 bits per heavy atom. The van der Waals surface area contributed by atoms with Crippen LogP contribution in [0.2, 0.25) is 0 Å². The number of carbonyl (C=O) groups is 2. The van der Waals surface area contributed by atoms with E-state index in [0.717, 1.165) is 0 Å². The molecule has 4 heterocycles. The first kappa shape index (κ1) is 23.7. The number of halogens is 1. The molecule has 0 aliphatic carbocycles. The summed E-state index contributed by atoms with van der Waals surface area (Å²) in [7, 11) is -2.77. The normalized spacial score (nSPS) is 21.7. The monoisotopic (exact) mass is 515 g/mol. The van der Waals surface area contributed by atoms with E-state index >= 15 is 4.39 Å². The smallest absolute Gasteiger partial charge is 0.414 e. The second-order valence-corrected chi connectivity index (χ2v) is 10.8. The van der Waals surface area contributed by atoms with Crippen LogP contribution in [-0.2, 0) is 25.7 Å². The van der Waals surface area contributed by atoms with Gasteiger partial charge in [-0.05, 0) is 30.2 Å². The molecule has 2 aliphatic rings. The first-order valence-electron chi connectivity index (χ1n) is 11.1. The summed E-state index contributed by atoms with van der Waals surface area (Å²) in [6.07, 6.45) is 3.68. The fraction of sp³-hybridized carbons (Fsp3) is 0.304. The average Bonchev–Trinajstić information content (AvgIpc) is 3.61. The number of cyclic esters (lactones) is 1. The van der Waals surface area contributed by atoms with E-state index in [4.69, 9.17) is 13.8 Å². The number of nitrogens with zero attached hydrogens (tertiary/aromatic N) is 4. The van der Waals surface area contributed by atoms with Crippen molar-refractivity contribution in [2.24, 2.45) is 4.36 Å². The predicted octanol–water partition coefficient (Wildman–Crippen LogP) is 3.26. The summed E-state index contributed by atoms with van der Waals surface area (Å²) in [5.41, 5.74) is 1.40. The van der Waals surface area contributed by atoms with Gasteiger partial charge in [-0.1, -0.05) is 16.4 Å². The Kier molecular flexibility index (Phi) is 6.55. The third-order valence-electron chi connectivity index (χ3n) is 5.80. The highest BCUT2D eigenvalue weighted by molar-refractivity contribution is 7.94. The van der Waals surface area contributed by atoms with Crippen molar-refractivity contribution < 1.29 is 32.0 Å². The van der Waals surface area contributed by atoms with E-state index in [2.05, 4.69) is 20.0 Å². The van der Waals surface area contributed by atoms with Crippen molar-refractivity contribution in [3.8, 4) is 0 Å². The van der Waals surface area contributed by atoms with Crippen LogP contribution in [0.15, 0.2) is 62.3 Å². The van der Waals surface area contributed by atoms with Crippen LogP contribution in [0.1, 0.15) is 17.7 Å². The highest BCUT2D eigenvalue weighted by atomic mass is 32.2. The molecule has 188 valence electrons. The van der Waals surface area contributed by atoms with Crippen LogP contribution < -0.4 is 10.2 Å². The zero-order valence-electron chi connectivity index (χ0n) is 19.0. The molecular weight excluding hydrogens is 493 g/mol. The number of ether oxygens (including phenoxy) is 1. The van der Waals surface area contributed by atoms with E-state index in [9.17, 15) is 13.8 Å². The highest BCUT2D eigenvalue weighted by Crippen LogP contribution is 2.30. The van der Waals surface area contributed by atoms with Gasteiger partial charge in [0.15, 0.2) is 5.82 Å². The van der Waals surface area contributed by atoms with Crippen molar-refractivity contribution in [2.75, 3.05) is 34.8 Å². The summed E-state index contributed by atoms with van der Waals surface area (Å²) >= 11 is 0. The molecule has 0 radical (unpaired) electrons. The van der Waals surface area contributed by atoms with Crippen LogP contribution in [0.4, 0.5) is 20.7 Å². The number of amides is 2. The first-order chi connectivity index (χ1) is 17.4. The molecule has 3 aromatic rings. The topological polar surface area (TPSA) is 140 Å². The molecule has 1 N–H and O–H groups in total. The van der Waals surface area contributed by atoms with Gasteiger partial charge in [0.25, 0.3) is 5.91 Å². The van der Waals surface area contributed by atoms with Gasteiger partial charge in [-0.2, -0.15) is 4.36 Å². The van der Waals surface area contributed by atoms with Crippen LogP contribution >= 0.6 is 0 Å². The maximum Gasteiger partial charge on any atom is 0.414 e. The number of benzene rings is 1. The summed E-state index contributed by atoms with van der Waals surface area (Å²) in [4.78, 5) is 25.8. The predicted molar refractivity (Wildman–Crippen MR) is 127 cm³/mol. The van der Waals surface area contributed by atoms with E-state index in [1.165, 1.54) is 23.4 Å². The zero-order valence-corrected chi connectivity index (χ0v) is 19.8. The van der Waals surface area contributed by atoms with Gasteiger partial charge in [-0.15, -0.1) is 0 Å². The van der Waals surface area contributed by atoms with Crippen molar-refractivity contribution in [2.45, 2.75) is 18.9 Å². The van der Waals surface area contributed by atoms with Crippen LogP contribution in [0, 0.1) is 5.82 Å². The number of hydrogen-bond acceptors (Lipinski definition) is 9. The molecule has 5 rings (SSSR count). The van der Waals surface area contributed by atoms with E-state index in [1.807, 2.05) is 0 Å². The van der Waals surface area contributed by atoms with Crippen molar-refractivity contribution >= 4 is 38.8 Å². The van der Waals surface area contributed by atoms with Crippen LogP contribution in [-0.4, -0.2) is 57.2 Å². The number of allylic oxidation sites excluding steroid dienone is 1. The lowest BCUT2D eigenvalue weighted by atomic mass is 10.0. The summed E-state index contributed by atoms with van der Waals surface area (Å²) in [6, 6.07) is 7.70. The molecule has 2 amide bonds.